The number of hydrogen-bond acceptors (Lipinski definition) is 3. The molecule has 1 aromatic carbocycles. The molecule has 3 nitrogen and oxygen atoms in total. The van der Waals surface area contributed by atoms with Crippen LogP contribution in [0.5, 0.6) is 5.75 Å². The van der Waals surface area contributed by atoms with Crippen LogP contribution in [-0.4, -0.2) is 18.7 Å². The number of benzene rings is 1. The number of esters is 1. The Labute approximate surface area is 181 Å². The first-order valence-electron chi connectivity index (χ1n) is 11.5. The van der Waals surface area contributed by atoms with E-state index in [1.807, 2.05) is 0 Å². The number of rotatable bonds is 6. The van der Waals surface area contributed by atoms with Gasteiger partial charge in [0.1, 0.15) is 0 Å². The first-order chi connectivity index (χ1) is 14.7. The molecule has 1 aromatic rings. The van der Waals surface area contributed by atoms with Gasteiger partial charge >= 0.3 is 12.1 Å². The van der Waals surface area contributed by atoms with Crippen LogP contribution in [0.3, 0.4) is 0 Å². The molecule has 31 heavy (non-hydrogen) atoms. The van der Waals surface area contributed by atoms with Gasteiger partial charge < -0.3 is 9.47 Å². The molecule has 0 N–H and O–H groups in total. The van der Waals surface area contributed by atoms with Gasteiger partial charge in [0.05, 0.1) is 24.2 Å². The zero-order valence-corrected chi connectivity index (χ0v) is 18.3. The fourth-order valence-electron chi connectivity index (χ4n) is 4.95. The average Bonchev–Trinajstić information content (AvgIpc) is 2.75. The van der Waals surface area contributed by atoms with Crippen LogP contribution in [0.25, 0.3) is 0 Å². The zero-order chi connectivity index (χ0) is 22.6. The topological polar surface area (TPSA) is 35.5 Å². The number of carbonyl (C=O) groups excluding carboxylic acids is 1. The van der Waals surface area contributed by atoms with Crippen molar-refractivity contribution in [3.05, 3.63) is 29.1 Å². The van der Waals surface area contributed by atoms with E-state index in [1.165, 1.54) is 25.3 Å². The first-order valence-corrected chi connectivity index (χ1v) is 11.5. The smallest absolute Gasteiger partial charge is 0.419 e. The SMILES string of the molecule is CCCc1ccc(OC(=O)C2CCC(C3CCC(CC)CC3)OC2)c(F)c1C(F)(F)F. The molecule has 2 aliphatic rings. The van der Waals surface area contributed by atoms with Crippen molar-refractivity contribution >= 4 is 5.97 Å². The van der Waals surface area contributed by atoms with Crippen molar-refractivity contribution in [2.24, 2.45) is 17.8 Å². The van der Waals surface area contributed by atoms with Crippen LogP contribution in [0.2, 0.25) is 0 Å². The molecule has 174 valence electrons. The molecule has 0 aromatic heterocycles. The first kappa shape index (κ1) is 24.0. The van der Waals surface area contributed by atoms with Crippen molar-refractivity contribution < 1.29 is 31.8 Å². The van der Waals surface area contributed by atoms with Crippen molar-refractivity contribution in [2.75, 3.05) is 6.61 Å². The number of aryl methyl sites for hydroxylation is 1. The van der Waals surface area contributed by atoms with Crippen molar-refractivity contribution in [2.45, 2.75) is 83.9 Å². The predicted octanol–water partition coefficient (Wildman–Crippen LogP) is 6.71. The van der Waals surface area contributed by atoms with Gasteiger partial charge in [0.15, 0.2) is 11.6 Å². The Kier molecular flexibility index (Phi) is 8.00. The van der Waals surface area contributed by atoms with Crippen LogP contribution in [0.15, 0.2) is 12.1 Å². The van der Waals surface area contributed by atoms with E-state index >= 15 is 0 Å². The molecule has 1 saturated carbocycles. The van der Waals surface area contributed by atoms with Crippen LogP contribution >= 0.6 is 0 Å². The van der Waals surface area contributed by atoms with Crippen LogP contribution in [0.4, 0.5) is 17.6 Å². The molecule has 2 atom stereocenters. The lowest BCUT2D eigenvalue weighted by Crippen LogP contribution is -2.37. The minimum absolute atomic E-state index is 0.0953. The third-order valence-corrected chi connectivity index (χ3v) is 6.85. The van der Waals surface area contributed by atoms with Gasteiger partial charge in [0.2, 0.25) is 0 Å². The van der Waals surface area contributed by atoms with Crippen molar-refractivity contribution in [1.82, 2.24) is 0 Å². The molecular weight excluding hydrogens is 412 g/mol. The molecule has 0 radical (unpaired) electrons. The van der Waals surface area contributed by atoms with Gasteiger partial charge in [-0.1, -0.05) is 45.6 Å². The van der Waals surface area contributed by atoms with Gasteiger partial charge in [-0.2, -0.15) is 13.2 Å². The second-order valence-electron chi connectivity index (χ2n) is 8.92. The molecule has 1 heterocycles. The highest BCUT2D eigenvalue weighted by molar-refractivity contribution is 5.75. The number of ether oxygens (including phenoxy) is 2. The molecule has 3 rings (SSSR count). The quantitative estimate of drug-likeness (QED) is 0.278. The highest BCUT2D eigenvalue weighted by Crippen LogP contribution is 2.39. The molecule has 2 fully saturated rings. The molecule has 7 heteroatoms. The normalized spacial score (nSPS) is 27.2. The molecular formula is C24H32F4O3. The molecule has 0 bridgehead atoms. The summed E-state index contributed by atoms with van der Waals surface area (Å²) in [7, 11) is 0. The molecule has 0 amide bonds. The van der Waals surface area contributed by atoms with E-state index in [9.17, 15) is 22.4 Å². The number of hydrogen-bond donors (Lipinski definition) is 0. The van der Waals surface area contributed by atoms with E-state index in [2.05, 4.69) is 6.92 Å². The van der Waals surface area contributed by atoms with Gasteiger partial charge in [0, 0.05) is 0 Å². The van der Waals surface area contributed by atoms with E-state index in [1.54, 1.807) is 6.92 Å². The van der Waals surface area contributed by atoms with E-state index in [0.29, 0.717) is 25.2 Å². The average molecular weight is 445 g/mol. The summed E-state index contributed by atoms with van der Waals surface area (Å²) in [5, 5.41) is 0. The number of alkyl halides is 3. The maximum atomic E-state index is 14.6. The molecule has 1 aliphatic carbocycles. The Morgan fingerprint density at radius 1 is 1.10 bits per heavy atom. The highest BCUT2D eigenvalue weighted by Gasteiger charge is 2.39. The second-order valence-corrected chi connectivity index (χ2v) is 8.92. The molecule has 1 saturated heterocycles. The summed E-state index contributed by atoms with van der Waals surface area (Å²) in [5.41, 5.74) is -1.48. The number of halogens is 4. The van der Waals surface area contributed by atoms with Crippen LogP contribution in [-0.2, 0) is 22.1 Å². The summed E-state index contributed by atoms with van der Waals surface area (Å²) in [6, 6.07) is 2.31. The predicted molar refractivity (Wildman–Crippen MR) is 109 cm³/mol. The third kappa shape index (κ3) is 5.79. The van der Waals surface area contributed by atoms with E-state index in [-0.39, 0.29) is 24.7 Å². The second kappa shape index (κ2) is 10.3. The van der Waals surface area contributed by atoms with Gasteiger partial charge in [-0.3, -0.25) is 4.79 Å². The van der Waals surface area contributed by atoms with Crippen LogP contribution in [0.1, 0.15) is 76.3 Å². The van der Waals surface area contributed by atoms with Crippen molar-refractivity contribution in [3.63, 3.8) is 0 Å². The van der Waals surface area contributed by atoms with E-state index in [0.717, 1.165) is 24.8 Å². The van der Waals surface area contributed by atoms with Crippen molar-refractivity contribution in [3.8, 4) is 5.75 Å². The van der Waals surface area contributed by atoms with E-state index in [4.69, 9.17) is 9.47 Å². The maximum Gasteiger partial charge on any atom is 0.419 e. The van der Waals surface area contributed by atoms with Crippen LogP contribution < -0.4 is 4.74 Å². The van der Waals surface area contributed by atoms with Gasteiger partial charge in [-0.25, -0.2) is 4.39 Å². The van der Waals surface area contributed by atoms with Gasteiger partial charge in [-0.15, -0.1) is 0 Å². The molecule has 1 aliphatic heterocycles. The minimum atomic E-state index is -4.85. The zero-order valence-electron chi connectivity index (χ0n) is 18.3. The lowest BCUT2D eigenvalue weighted by molar-refractivity contribution is -0.149. The summed E-state index contributed by atoms with van der Waals surface area (Å²) >= 11 is 0. The lowest BCUT2D eigenvalue weighted by Gasteiger charge is -2.37. The summed E-state index contributed by atoms with van der Waals surface area (Å²) in [4.78, 5) is 12.5. The Morgan fingerprint density at radius 3 is 2.35 bits per heavy atom. The standard InChI is InChI=1S/C24H32F4O3/c1-3-5-17-10-13-20(22(25)21(17)24(26,27)28)31-23(29)18-11-12-19(30-14-18)16-8-6-15(4-2)7-9-16/h10,13,15-16,18-19H,3-9,11-12,14H2,1-2H3. The van der Waals surface area contributed by atoms with Gasteiger partial charge in [0.25, 0.3) is 0 Å². The Bertz CT molecular complexity index is 746. The Balaban J connectivity index is 1.60. The summed E-state index contributed by atoms with van der Waals surface area (Å²) in [6.07, 6.45) is 2.95. The maximum absolute atomic E-state index is 14.6. The fraction of sp³-hybridized carbons (Fsp3) is 0.708. The Hall–Kier alpha value is -1.63. The molecule has 2 unspecified atom stereocenters. The summed E-state index contributed by atoms with van der Waals surface area (Å²) in [5.74, 6) is -2.22. The third-order valence-electron chi connectivity index (χ3n) is 6.85. The monoisotopic (exact) mass is 444 g/mol. The van der Waals surface area contributed by atoms with Gasteiger partial charge in [-0.05, 0) is 55.6 Å². The summed E-state index contributed by atoms with van der Waals surface area (Å²) in [6.45, 7) is 4.10. The Morgan fingerprint density at radius 2 is 1.81 bits per heavy atom. The summed E-state index contributed by atoms with van der Waals surface area (Å²) < 4.78 is 65.7. The van der Waals surface area contributed by atoms with E-state index < -0.39 is 35.2 Å². The van der Waals surface area contributed by atoms with Crippen molar-refractivity contribution in [1.29, 1.82) is 0 Å². The van der Waals surface area contributed by atoms with Crippen LogP contribution in [0, 0.1) is 23.6 Å². The number of carbonyl (C=O) groups is 1. The fourth-order valence-corrected chi connectivity index (χ4v) is 4.95. The largest absolute Gasteiger partial charge is 0.423 e. The minimum Gasteiger partial charge on any atom is -0.423 e. The molecule has 0 spiro atoms. The highest BCUT2D eigenvalue weighted by atomic mass is 19.4. The lowest BCUT2D eigenvalue weighted by atomic mass is 9.76.